The standard InChI is InChI=1S/C20H22F3N5O3/c1-27(8-4-7-24)19(29)13-11-25-28-17(20(21,22)23)10-14(26-18(13)28)12-5-6-15(30-2)16(9-12)31-3/h5-6,9,11,14,17,26H,4,8,10H2,1-3H3/t14-,17+/m0/s1. The summed E-state index contributed by atoms with van der Waals surface area (Å²) in [5.74, 6) is 0.312. The van der Waals surface area contributed by atoms with Crippen LogP contribution < -0.4 is 14.8 Å². The van der Waals surface area contributed by atoms with E-state index in [2.05, 4.69) is 10.4 Å². The fourth-order valence-electron chi connectivity index (χ4n) is 3.53. The Kier molecular flexibility index (Phi) is 6.29. The summed E-state index contributed by atoms with van der Waals surface area (Å²) in [6.45, 7) is 0.155. The fraction of sp³-hybridized carbons (Fsp3) is 0.450. The highest BCUT2D eigenvalue weighted by molar-refractivity contribution is 5.98. The maximum atomic E-state index is 13.8. The van der Waals surface area contributed by atoms with Gasteiger partial charge in [0.05, 0.1) is 38.9 Å². The lowest BCUT2D eigenvalue weighted by Gasteiger charge is -2.34. The van der Waals surface area contributed by atoms with E-state index in [9.17, 15) is 18.0 Å². The molecule has 0 radical (unpaired) electrons. The zero-order chi connectivity index (χ0) is 22.8. The average Bonchev–Trinajstić information content (AvgIpc) is 3.18. The molecule has 1 aliphatic rings. The molecule has 0 bridgehead atoms. The molecule has 166 valence electrons. The predicted octanol–water partition coefficient (Wildman–Crippen LogP) is 3.55. The van der Waals surface area contributed by atoms with E-state index in [1.165, 1.54) is 26.2 Å². The number of anilines is 1. The Morgan fingerprint density at radius 3 is 2.68 bits per heavy atom. The Labute approximate surface area is 177 Å². The van der Waals surface area contributed by atoms with Crippen LogP contribution in [-0.2, 0) is 0 Å². The molecule has 0 unspecified atom stereocenters. The molecule has 0 spiro atoms. The van der Waals surface area contributed by atoms with Gasteiger partial charge in [-0.05, 0) is 17.7 Å². The molecule has 0 aliphatic carbocycles. The number of nitrogens with one attached hydrogen (secondary N) is 1. The molecule has 1 aromatic heterocycles. The van der Waals surface area contributed by atoms with E-state index in [0.29, 0.717) is 17.1 Å². The van der Waals surface area contributed by atoms with Crippen molar-refractivity contribution < 1.29 is 27.4 Å². The minimum Gasteiger partial charge on any atom is -0.493 e. The zero-order valence-corrected chi connectivity index (χ0v) is 17.2. The third-order valence-electron chi connectivity index (χ3n) is 5.18. The quantitative estimate of drug-likeness (QED) is 0.743. The second kappa shape index (κ2) is 8.75. The molecule has 31 heavy (non-hydrogen) atoms. The van der Waals surface area contributed by atoms with Crippen LogP contribution in [0.1, 0.15) is 40.8 Å². The molecule has 1 aromatic carbocycles. The number of benzene rings is 1. The van der Waals surface area contributed by atoms with Crippen molar-refractivity contribution in [3.63, 3.8) is 0 Å². The number of aromatic nitrogens is 2. The van der Waals surface area contributed by atoms with Crippen LogP contribution >= 0.6 is 0 Å². The first-order chi connectivity index (χ1) is 14.7. The number of rotatable bonds is 6. The number of carbonyl (C=O) groups excluding carboxylic acids is 1. The van der Waals surface area contributed by atoms with Gasteiger partial charge in [0.25, 0.3) is 5.91 Å². The summed E-state index contributed by atoms with van der Waals surface area (Å²) in [5.41, 5.74) is 0.565. The van der Waals surface area contributed by atoms with E-state index in [1.807, 2.05) is 6.07 Å². The van der Waals surface area contributed by atoms with Crippen molar-refractivity contribution in [3.05, 3.63) is 35.5 Å². The maximum Gasteiger partial charge on any atom is 0.410 e. The number of halogens is 3. The van der Waals surface area contributed by atoms with Gasteiger partial charge in [0.1, 0.15) is 11.4 Å². The Balaban J connectivity index is 2.01. The normalized spacial score (nSPS) is 17.8. The number of nitrogens with zero attached hydrogens (tertiary/aromatic N) is 4. The van der Waals surface area contributed by atoms with Crippen molar-refractivity contribution in [2.75, 3.05) is 33.1 Å². The van der Waals surface area contributed by atoms with Crippen LogP contribution in [0, 0.1) is 11.3 Å². The Hall–Kier alpha value is -3.42. The molecule has 11 heteroatoms. The number of hydrogen-bond acceptors (Lipinski definition) is 6. The molecule has 3 rings (SSSR count). The number of fused-ring (bicyclic) bond motifs is 1. The number of carbonyl (C=O) groups is 1. The van der Waals surface area contributed by atoms with Crippen LogP contribution in [0.5, 0.6) is 11.5 Å². The van der Waals surface area contributed by atoms with Crippen molar-refractivity contribution in [1.82, 2.24) is 14.7 Å². The van der Waals surface area contributed by atoms with E-state index < -0.39 is 24.2 Å². The van der Waals surface area contributed by atoms with Crippen molar-refractivity contribution in [2.24, 2.45) is 0 Å². The summed E-state index contributed by atoms with van der Waals surface area (Å²) in [6.07, 6.45) is -3.64. The number of ether oxygens (including phenoxy) is 2. The maximum absolute atomic E-state index is 13.8. The highest BCUT2D eigenvalue weighted by Gasteiger charge is 2.47. The Bertz CT molecular complexity index is 999. The van der Waals surface area contributed by atoms with E-state index in [0.717, 1.165) is 10.9 Å². The Morgan fingerprint density at radius 1 is 1.35 bits per heavy atom. The molecule has 8 nitrogen and oxygen atoms in total. The largest absolute Gasteiger partial charge is 0.493 e. The SMILES string of the molecule is COc1ccc([C@@H]2C[C@H](C(F)(F)F)n3ncc(C(=O)N(C)CCC#N)c3N2)cc1OC. The molecule has 1 N–H and O–H groups in total. The van der Waals surface area contributed by atoms with Crippen molar-refractivity contribution >= 4 is 11.7 Å². The van der Waals surface area contributed by atoms with Crippen LogP contribution in [-0.4, -0.2) is 54.6 Å². The van der Waals surface area contributed by atoms with Gasteiger partial charge in [0.2, 0.25) is 0 Å². The highest BCUT2D eigenvalue weighted by Crippen LogP contribution is 2.45. The second-order valence-electron chi connectivity index (χ2n) is 7.09. The first-order valence-electron chi connectivity index (χ1n) is 9.46. The van der Waals surface area contributed by atoms with Crippen molar-refractivity contribution in [3.8, 4) is 17.6 Å². The van der Waals surface area contributed by atoms with Gasteiger partial charge in [-0.2, -0.15) is 23.5 Å². The van der Waals surface area contributed by atoms with Crippen LogP contribution in [0.3, 0.4) is 0 Å². The molecular formula is C20H22F3N5O3. The molecule has 1 amide bonds. The number of hydrogen-bond donors (Lipinski definition) is 1. The molecule has 1 aliphatic heterocycles. The fourth-order valence-corrected chi connectivity index (χ4v) is 3.53. The smallest absolute Gasteiger partial charge is 0.410 e. The van der Waals surface area contributed by atoms with E-state index in [-0.39, 0.29) is 30.8 Å². The molecule has 0 saturated heterocycles. The first kappa shape index (κ1) is 22.3. The van der Waals surface area contributed by atoms with Gasteiger partial charge in [-0.1, -0.05) is 6.07 Å². The lowest BCUT2D eigenvalue weighted by molar-refractivity contribution is -0.173. The monoisotopic (exact) mass is 437 g/mol. The van der Waals surface area contributed by atoms with E-state index in [4.69, 9.17) is 14.7 Å². The third kappa shape index (κ3) is 4.38. The van der Waals surface area contributed by atoms with Gasteiger partial charge >= 0.3 is 6.18 Å². The second-order valence-corrected chi connectivity index (χ2v) is 7.09. The third-order valence-corrected chi connectivity index (χ3v) is 5.18. The van der Waals surface area contributed by atoms with Gasteiger partial charge in [0.15, 0.2) is 17.5 Å². The number of methoxy groups -OCH3 is 2. The minimum atomic E-state index is -4.56. The summed E-state index contributed by atoms with van der Waals surface area (Å²) in [4.78, 5) is 14.1. The average molecular weight is 437 g/mol. The number of alkyl halides is 3. The van der Waals surface area contributed by atoms with Crippen LogP contribution in [0.4, 0.5) is 19.0 Å². The van der Waals surface area contributed by atoms with Gasteiger partial charge in [-0.25, -0.2) is 4.68 Å². The summed E-state index contributed by atoms with van der Waals surface area (Å²) in [6, 6.07) is 4.16. The minimum absolute atomic E-state index is 0.0119. The molecule has 0 saturated carbocycles. The van der Waals surface area contributed by atoms with Crippen LogP contribution in [0.25, 0.3) is 0 Å². The van der Waals surface area contributed by atoms with Crippen molar-refractivity contribution in [2.45, 2.75) is 31.1 Å². The molecule has 2 aromatic rings. The van der Waals surface area contributed by atoms with Crippen LogP contribution in [0.15, 0.2) is 24.4 Å². The summed E-state index contributed by atoms with van der Waals surface area (Å²) in [7, 11) is 4.40. The molecular weight excluding hydrogens is 415 g/mol. The lowest BCUT2D eigenvalue weighted by atomic mass is 9.96. The van der Waals surface area contributed by atoms with Gasteiger partial charge in [0, 0.05) is 20.0 Å². The summed E-state index contributed by atoms with van der Waals surface area (Å²) >= 11 is 0. The van der Waals surface area contributed by atoms with Gasteiger partial charge in [-0.15, -0.1) is 0 Å². The predicted molar refractivity (Wildman–Crippen MR) is 105 cm³/mol. The summed E-state index contributed by atoms with van der Waals surface area (Å²) in [5, 5.41) is 15.6. The lowest BCUT2D eigenvalue weighted by Crippen LogP contribution is -2.36. The molecule has 2 heterocycles. The van der Waals surface area contributed by atoms with Crippen LogP contribution in [0.2, 0.25) is 0 Å². The Morgan fingerprint density at radius 2 is 2.06 bits per heavy atom. The zero-order valence-electron chi connectivity index (χ0n) is 17.2. The highest BCUT2D eigenvalue weighted by atomic mass is 19.4. The number of nitriles is 1. The number of amides is 1. The van der Waals surface area contributed by atoms with Crippen molar-refractivity contribution in [1.29, 1.82) is 5.26 Å². The van der Waals surface area contributed by atoms with E-state index >= 15 is 0 Å². The molecule has 2 atom stereocenters. The van der Waals surface area contributed by atoms with Gasteiger partial charge < -0.3 is 19.7 Å². The summed E-state index contributed by atoms with van der Waals surface area (Å²) < 4.78 is 52.8. The van der Waals surface area contributed by atoms with E-state index in [1.54, 1.807) is 18.2 Å². The molecule has 0 fully saturated rings. The topological polar surface area (TPSA) is 92.4 Å². The van der Waals surface area contributed by atoms with Gasteiger partial charge in [-0.3, -0.25) is 4.79 Å². The first-order valence-corrected chi connectivity index (χ1v) is 9.46.